The molecule has 0 aromatic heterocycles. The maximum Gasteiger partial charge on any atom is 0.171 e. The van der Waals surface area contributed by atoms with Gasteiger partial charge in [0.1, 0.15) is 5.75 Å². The quantitative estimate of drug-likeness (QED) is 0.808. The number of thiocarbonyl (C=S) groups is 1. The van der Waals surface area contributed by atoms with Crippen molar-refractivity contribution >= 4 is 23.0 Å². The van der Waals surface area contributed by atoms with Crippen LogP contribution in [0.4, 0.5) is 5.69 Å². The Morgan fingerprint density at radius 1 is 1.14 bits per heavy atom. The first-order chi connectivity index (χ1) is 10.5. The van der Waals surface area contributed by atoms with E-state index in [1.807, 2.05) is 44.2 Å². The normalized spacial score (nSPS) is 10.4. The third kappa shape index (κ3) is 5.37. The Morgan fingerprint density at radius 3 is 2.64 bits per heavy atom. The molecule has 22 heavy (non-hydrogen) atoms. The van der Waals surface area contributed by atoms with Crippen molar-refractivity contribution in [2.75, 3.05) is 5.32 Å². The molecule has 116 valence electrons. The molecule has 0 heterocycles. The van der Waals surface area contributed by atoms with Crippen LogP contribution in [0.2, 0.25) is 0 Å². The summed E-state index contributed by atoms with van der Waals surface area (Å²) in [5.74, 6) is 0.881. The Balaban J connectivity index is 1.88. The second kappa shape index (κ2) is 7.80. The molecule has 0 fully saturated rings. The number of hydrogen-bond acceptors (Lipinski definition) is 2. The molecule has 0 aliphatic heterocycles. The van der Waals surface area contributed by atoms with Crippen LogP contribution in [0, 0.1) is 6.92 Å². The maximum atomic E-state index is 5.69. The molecule has 0 spiro atoms. The molecule has 0 saturated heterocycles. The molecular formula is C18H22N2OS. The molecule has 2 N–H and O–H groups in total. The smallest absolute Gasteiger partial charge is 0.171 e. The summed E-state index contributed by atoms with van der Waals surface area (Å²) < 4.78 is 5.69. The van der Waals surface area contributed by atoms with Crippen molar-refractivity contribution in [2.45, 2.75) is 33.4 Å². The van der Waals surface area contributed by atoms with E-state index in [2.05, 4.69) is 35.8 Å². The van der Waals surface area contributed by atoms with Crippen molar-refractivity contribution in [1.82, 2.24) is 5.32 Å². The Morgan fingerprint density at radius 2 is 1.91 bits per heavy atom. The van der Waals surface area contributed by atoms with Gasteiger partial charge < -0.3 is 15.4 Å². The summed E-state index contributed by atoms with van der Waals surface area (Å²) in [6, 6.07) is 16.2. The minimum absolute atomic E-state index is 0.173. The summed E-state index contributed by atoms with van der Waals surface area (Å²) in [5, 5.41) is 7.01. The lowest BCUT2D eigenvalue weighted by Crippen LogP contribution is -2.27. The van der Waals surface area contributed by atoms with E-state index in [4.69, 9.17) is 17.0 Å². The minimum atomic E-state index is 0.173. The van der Waals surface area contributed by atoms with E-state index in [-0.39, 0.29) is 6.10 Å². The molecule has 0 radical (unpaired) electrons. The van der Waals surface area contributed by atoms with Gasteiger partial charge in [0, 0.05) is 12.2 Å². The highest BCUT2D eigenvalue weighted by molar-refractivity contribution is 7.80. The highest BCUT2D eigenvalue weighted by Crippen LogP contribution is 2.15. The lowest BCUT2D eigenvalue weighted by atomic mass is 10.2. The summed E-state index contributed by atoms with van der Waals surface area (Å²) in [4.78, 5) is 0. The van der Waals surface area contributed by atoms with E-state index in [1.165, 1.54) is 5.56 Å². The summed E-state index contributed by atoms with van der Waals surface area (Å²) >= 11 is 5.33. The average Bonchev–Trinajstić information content (AvgIpc) is 2.45. The highest BCUT2D eigenvalue weighted by Gasteiger charge is 2.01. The van der Waals surface area contributed by atoms with Crippen molar-refractivity contribution in [3.05, 3.63) is 59.7 Å². The highest BCUT2D eigenvalue weighted by atomic mass is 32.1. The fourth-order valence-electron chi connectivity index (χ4n) is 2.08. The molecule has 2 aromatic rings. The van der Waals surface area contributed by atoms with Gasteiger partial charge in [0.2, 0.25) is 0 Å². The van der Waals surface area contributed by atoms with Crippen molar-refractivity contribution in [3.63, 3.8) is 0 Å². The largest absolute Gasteiger partial charge is 0.491 e. The van der Waals surface area contributed by atoms with Crippen LogP contribution in [0.3, 0.4) is 0 Å². The van der Waals surface area contributed by atoms with Gasteiger partial charge in [-0.1, -0.05) is 24.3 Å². The van der Waals surface area contributed by atoms with E-state index in [0.29, 0.717) is 11.7 Å². The van der Waals surface area contributed by atoms with Gasteiger partial charge in [-0.2, -0.15) is 0 Å². The van der Waals surface area contributed by atoms with Gasteiger partial charge in [-0.25, -0.2) is 0 Å². The first-order valence-electron chi connectivity index (χ1n) is 7.40. The number of aryl methyl sites for hydroxylation is 1. The van der Waals surface area contributed by atoms with Gasteiger partial charge in [-0.05, 0) is 68.4 Å². The zero-order valence-electron chi connectivity index (χ0n) is 13.2. The fraction of sp³-hybridized carbons (Fsp3) is 0.278. The number of nitrogens with one attached hydrogen (secondary N) is 2. The van der Waals surface area contributed by atoms with Crippen LogP contribution in [0.1, 0.15) is 25.0 Å². The van der Waals surface area contributed by atoms with Crippen LogP contribution in [0.5, 0.6) is 5.75 Å². The van der Waals surface area contributed by atoms with Crippen molar-refractivity contribution in [3.8, 4) is 5.75 Å². The Hall–Kier alpha value is -2.07. The van der Waals surface area contributed by atoms with Gasteiger partial charge >= 0.3 is 0 Å². The number of benzene rings is 2. The second-order valence-electron chi connectivity index (χ2n) is 5.49. The molecule has 0 aliphatic rings. The monoisotopic (exact) mass is 314 g/mol. The molecule has 2 aromatic carbocycles. The van der Waals surface area contributed by atoms with E-state index >= 15 is 0 Å². The van der Waals surface area contributed by atoms with Crippen LogP contribution >= 0.6 is 12.2 Å². The van der Waals surface area contributed by atoms with Crippen LogP contribution in [-0.4, -0.2) is 11.2 Å². The first-order valence-corrected chi connectivity index (χ1v) is 7.81. The van der Waals surface area contributed by atoms with Crippen LogP contribution in [-0.2, 0) is 6.54 Å². The molecule has 0 aliphatic carbocycles. The van der Waals surface area contributed by atoms with Gasteiger partial charge in [-0.3, -0.25) is 0 Å². The molecule has 0 amide bonds. The van der Waals surface area contributed by atoms with Gasteiger partial charge in [-0.15, -0.1) is 0 Å². The minimum Gasteiger partial charge on any atom is -0.491 e. The van der Waals surface area contributed by atoms with Crippen molar-refractivity contribution in [2.24, 2.45) is 0 Å². The lowest BCUT2D eigenvalue weighted by molar-refractivity contribution is 0.242. The molecule has 0 saturated carbocycles. The Kier molecular flexibility index (Phi) is 5.78. The second-order valence-corrected chi connectivity index (χ2v) is 5.90. The fourth-order valence-corrected chi connectivity index (χ4v) is 2.27. The van der Waals surface area contributed by atoms with Crippen molar-refractivity contribution < 1.29 is 4.74 Å². The average molecular weight is 314 g/mol. The molecule has 4 heteroatoms. The third-order valence-electron chi connectivity index (χ3n) is 3.00. The summed E-state index contributed by atoms with van der Waals surface area (Å²) in [5.41, 5.74) is 3.33. The van der Waals surface area contributed by atoms with Crippen LogP contribution in [0.25, 0.3) is 0 Å². The topological polar surface area (TPSA) is 33.3 Å². The van der Waals surface area contributed by atoms with Crippen LogP contribution in [0.15, 0.2) is 48.5 Å². The maximum absolute atomic E-state index is 5.69. The zero-order valence-corrected chi connectivity index (χ0v) is 14.0. The number of rotatable bonds is 5. The van der Waals surface area contributed by atoms with Crippen molar-refractivity contribution in [1.29, 1.82) is 0 Å². The van der Waals surface area contributed by atoms with Gasteiger partial charge in [0.05, 0.1) is 6.10 Å². The molecule has 2 rings (SSSR count). The van der Waals surface area contributed by atoms with Crippen LogP contribution < -0.4 is 15.4 Å². The molecular weight excluding hydrogens is 292 g/mol. The number of ether oxygens (including phenoxy) is 1. The molecule has 0 bridgehead atoms. The van der Waals surface area contributed by atoms with Gasteiger partial charge in [0.25, 0.3) is 0 Å². The third-order valence-corrected chi connectivity index (χ3v) is 3.25. The summed E-state index contributed by atoms with van der Waals surface area (Å²) in [6.45, 7) is 6.76. The van der Waals surface area contributed by atoms with E-state index < -0.39 is 0 Å². The van der Waals surface area contributed by atoms with Gasteiger partial charge in [0.15, 0.2) is 5.11 Å². The number of anilines is 1. The summed E-state index contributed by atoms with van der Waals surface area (Å²) in [6.07, 6.45) is 0.173. The molecule has 3 nitrogen and oxygen atoms in total. The number of hydrogen-bond donors (Lipinski definition) is 2. The Bertz CT molecular complexity index is 640. The molecule has 0 atom stereocenters. The lowest BCUT2D eigenvalue weighted by Gasteiger charge is -2.13. The zero-order chi connectivity index (χ0) is 15.9. The van der Waals surface area contributed by atoms with E-state index in [9.17, 15) is 0 Å². The molecule has 0 unspecified atom stereocenters. The predicted molar refractivity (Wildman–Crippen MR) is 96.4 cm³/mol. The SMILES string of the molecule is Cc1cccc(NC(=S)NCc2cccc(OC(C)C)c2)c1. The standard InChI is InChI=1S/C18H22N2OS/c1-13(2)21-17-9-5-7-15(11-17)12-19-18(22)20-16-8-4-6-14(3)10-16/h4-11,13H,12H2,1-3H3,(H2,19,20,22). The Labute approximate surface area is 137 Å². The van der Waals surface area contributed by atoms with E-state index in [1.54, 1.807) is 0 Å². The summed E-state index contributed by atoms with van der Waals surface area (Å²) in [7, 11) is 0. The van der Waals surface area contributed by atoms with E-state index in [0.717, 1.165) is 17.0 Å². The first kappa shape index (κ1) is 16.3. The predicted octanol–water partition coefficient (Wildman–Crippen LogP) is 4.27.